The fourth-order valence-corrected chi connectivity index (χ4v) is 3.23. The Morgan fingerprint density at radius 3 is 2.67 bits per heavy atom. The molecule has 0 aliphatic carbocycles. The van der Waals surface area contributed by atoms with Gasteiger partial charge in [-0.1, -0.05) is 6.07 Å². The lowest BCUT2D eigenvalue weighted by Gasteiger charge is -2.08. The molecule has 0 aliphatic heterocycles. The number of nitrogens with one attached hydrogen (secondary N) is 1. The first-order chi connectivity index (χ1) is 8.36. The van der Waals surface area contributed by atoms with Gasteiger partial charge in [0.15, 0.2) is 9.84 Å². The maximum Gasteiger partial charge on any atom is 0.219 e. The van der Waals surface area contributed by atoms with Crippen LogP contribution in [0.5, 0.6) is 0 Å². The van der Waals surface area contributed by atoms with Crippen LogP contribution in [0.2, 0.25) is 0 Å². The first kappa shape index (κ1) is 14.5. The number of hydrogen-bond acceptors (Lipinski definition) is 4. The quantitative estimate of drug-likeness (QED) is 0.777. The molecule has 0 saturated heterocycles. The zero-order valence-electron chi connectivity index (χ0n) is 10.6. The third-order valence-corrected chi connectivity index (χ3v) is 4.58. The molecule has 100 valence electrons. The first-order valence-electron chi connectivity index (χ1n) is 5.66. The lowest BCUT2D eigenvalue weighted by molar-refractivity contribution is -0.120. The maximum atomic E-state index is 12.1. The van der Waals surface area contributed by atoms with Crippen LogP contribution in [-0.2, 0) is 14.6 Å². The van der Waals surface area contributed by atoms with Crippen molar-refractivity contribution in [3.8, 4) is 0 Å². The Labute approximate surface area is 107 Å². The summed E-state index contributed by atoms with van der Waals surface area (Å²) in [7, 11) is -1.85. The molecule has 0 aliphatic rings. The molecule has 3 N–H and O–H groups in total. The van der Waals surface area contributed by atoms with Gasteiger partial charge in [0.25, 0.3) is 0 Å². The molecule has 5 nitrogen and oxygen atoms in total. The summed E-state index contributed by atoms with van der Waals surface area (Å²) in [6.45, 7) is 1.73. The molecule has 6 heteroatoms. The van der Waals surface area contributed by atoms with Crippen molar-refractivity contribution in [3.05, 3.63) is 23.8 Å². The number of carbonyl (C=O) groups excluding carboxylic acids is 1. The SMILES string of the molecule is CNC(=O)CCCS(=O)(=O)c1cc(N)ccc1C. The summed E-state index contributed by atoms with van der Waals surface area (Å²) in [6.07, 6.45) is 0.507. The predicted molar refractivity (Wildman–Crippen MR) is 70.9 cm³/mol. The monoisotopic (exact) mass is 270 g/mol. The van der Waals surface area contributed by atoms with Gasteiger partial charge in [0, 0.05) is 19.2 Å². The number of anilines is 1. The number of rotatable bonds is 5. The second-order valence-electron chi connectivity index (χ2n) is 4.12. The zero-order valence-corrected chi connectivity index (χ0v) is 11.4. The van der Waals surface area contributed by atoms with Crippen LogP contribution < -0.4 is 11.1 Å². The van der Waals surface area contributed by atoms with Crippen LogP contribution in [0, 0.1) is 6.92 Å². The number of amides is 1. The Hall–Kier alpha value is -1.56. The van der Waals surface area contributed by atoms with Gasteiger partial charge in [-0.3, -0.25) is 4.79 Å². The molecule has 1 aromatic carbocycles. The number of hydrogen-bond donors (Lipinski definition) is 2. The molecule has 0 bridgehead atoms. The van der Waals surface area contributed by atoms with Gasteiger partial charge in [-0.05, 0) is 31.0 Å². The van der Waals surface area contributed by atoms with Gasteiger partial charge in [-0.2, -0.15) is 0 Å². The molecule has 0 saturated carbocycles. The summed E-state index contributed by atoms with van der Waals surface area (Å²) in [4.78, 5) is 11.3. The molecule has 0 spiro atoms. The standard InChI is InChI=1S/C12H18N2O3S/c1-9-5-6-10(13)8-11(9)18(16,17)7-3-4-12(15)14-2/h5-6,8H,3-4,7,13H2,1-2H3,(H,14,15). The summed E-state index contributed by atoms with van der Waals surface area (Å²) in [6, 6.07) is 4.81. The lowest BCUT2D eigenvalue weighted by Crippen LogP contribution is -2.19. The minimum absolute atomic E-state index is 0.0509. The highest BCUT2D eigenvalue weighted by Gasteiger charge is 2.17. The number of carbonyl (C=O) groups is 1. The van der Waals surface area contributed by atoms with Crippen LogP contribution in [0.25, 0.3) is 0 Å². The van der Waals surface area contributed by atoms with E-state index in [-0.39, 0.29) is 23.0 Å². The normalized spacial score (nSPS) is 11.2. The van der Waals surface area contributed by atoms with Gasteiger partial charge < -0.3 is 11.1 Å². The average molecular weight is 270 g/mol. The van der Waals surface area contributed by atoms with E-state index in [1.54, 1.807) is 19.1 Å². The van der Waals surface area contributed by atoms with E-state index >= 15 is 0 Å². The van der Waals surface area contributed by atoms with E-state index in [9.17, 15) is 13.2 Å². The van der Waals surface area contributed by atoms with Crippen molar-refractivity contribution in [1.82, 2.24) is 5.32 Å². The summed E-state index contributed by atoms with van der Waals surface area (Å²) < 4.78 is 24.2. The highest BCUT2D eigenvalue weighted by atomic mass is 32.2. The summed E-state index contributed by atoms with van der Waals surface area (Å²) in [5, 5.41) is 2.46. The van der Waals surface area contributed by atoms with Crippen LogP contribution in [0.15, 0.2) is 23.1 Å². The molecule has 0 fully saturated rings. The van der Waals surface area contributed by atoms with Crippen molar-refractivity contribution >= 4 is 21.4 Å². The third-order valence-electron chi connectivity index (χ3n) is 2.64. The van der Waals surface area contributed by atoms with Crippen LogP contribution in [0.3, 0.4) is 0 Å². The highest BCUT2D eigenvalue weighted by molar-refractivity contribution is 7.91. The predicted octanol–water partition coefficient (Wildman–Crippen LogP) is 0.877. The Morgan fingerprint density at radius 1 is 1.39 bits per heavy atom. The van der Waals surface area contributed by atoms with Crippen molar-refractivity contribution < 1.29 is 13.2 Å². The second-order valence-corrected chi connectivity index (χ2v) is 6.20. The van der Waals surface area contributed by atoms with E-state index in [2.05, 4.69) is 5.32 Å². The van der Waals surface area contributed by atoms with Crippen LogP contribution in [0.1, 0.15) is 18.4 Å². The minimum atomic E-state index is -3.38. The van der Waals surface area contributed by atoms with Gasteiger partial charge in [-0.15, -0.1) is 0 Å². The second kappa shape index (κ2) is 5.86. The molecular weight excluding hydrogens is 252 g/mol. The molecule has 0 aromatic heterocycles. The summed E-state index contributed by atoms with van der Waals surface area (Å²) in [5.74, 6) is -0.209. The average Bonchev–Trinajstić information content (AvgIpc) is 2.31. The highest BCUT2D eigenvalue weighted by Crippen LogP contribution is 2.20. The Kier molecular flexibility index (Phi) is 4.72. The number of nitrogens with two attached hydrogens (primary N) is 1. The van der Waals surface area contributed by atoms with E-state index in [1.165, 1.54) is 13.1 Å². The van der Waals surface area contributed by atoms with Gasteiger partial charge >= 0.3 is 0 Å². The summed E-state index contributed by atoms with van der Waals surface area (Å²) >= 11 is 0. The molecule has 1 rings (SSSR count). The molecular formula is C12H18N2O3S. The molecule has 0 atom stereocenters. The van der Waals surface area contributed by atoms with E-state index < -0.39 is 9.84 Å². The number of nitrogen functional groups attached to an aromatic ring is 1. The smallest absolute Gasteiger partial charge is 0.219 e. The van der Waals surface area contributed by atoms with Gasteiger partial charge in [0.05, 0.1) is 10.6 Å². The van der Waals surface area contributed by atoms with E-state index in [0.29, 0.717) is 17.7 Å². The molecule has 1 amide bonds. The molecule has 0 heterocycles. The molecule has 1 aromatic rings. The van der Waals surface area contributed by atoms with Gasteiger partial charge in [0.1, 0.15) is 0 Å². The fourth-order valence-electron chi connectivity index (χ4n) is 1.61. The molecule has 0 unspecified atom stereocenters. The maximum absolute atomic E-state index is 12.1. The van der Waals surface area contributed by atoms with Crippen molar-refractivity contribution in [2.45, 2.75) is 24.7 Å². The summed E-state index contributed by atoms with van der Waals surface area (Å²) in [5.41, 5.74) is 6.69. The topological polar surface area (TPSA) is 89.3 Å². The molecule has 18 heavy (non-hydrogen) atoms. The van der Waals surface area contributed by atoms with Gasteiger partial charge in [-0.25, -0.2) is 8.42 Å². The van der Waals surface area contributed by atoms with E-state index in [4.69, 9.17) is 5.73 Å². The number of aryl methyl sites for hydroxylation is 1. The van der Waals surface area contributed by atoms with Crippen molar-refractivity contribution in [1.29, 1.82) is 0 Å². The molecule has 0 radical (unpaired) electrons. The third kappa shape index (κ3) is 3.73. The lowest BCUT2D eigenvalue weighted by atomic mass is 10.2. The van der Waals surface area contributed by atoms with Gasteiger partial charge in [0.2, 0.25) is 5.91 Å². The van der Waals surface area contributed by atoms with Crippen LogP contribution in [-0.4, -0.2) is 27.1 Å². The Balaban J connectivity index is 2.80. The van der Waals surface area contributed by atoms with Crippen LogP contribution in [0.4, 0.5) is 5.69 Å². The fraction of sp³-hybridized carbons (Fsp3) is 0.417. The largest absolute Gasteiger partial charge is 0.399 e. The minimum Gasteiger partial charge on any atom is -0.399 e. The Bertz CT molecular complexity index is 538. The zero-order chi connectivity index (χ0) is 13.8. The Morgan fingerprint density at radius 2 is 2.06 bits per heavy atom. The first-order valence-corrected chi connectivity index (χ1v) is 7.31. The number of benzene rings is 1. The number of sulfone groups is 1. The van der Waals surface area contributed by atoms with Crippen molar-refractivity contribution in [3.63, 3.8) is 0 Å². The van der Waals surface area contributed by atoms with Crippen molar-refractivity contribution in [2.24, 2.45) is 0 Å². The van der Waals surface area contributed by atoms with E-state index in [0.717, 1.165) is 0 Å². The van der Waals surface area contributed by atoms with E-state index in [1.807, 2.05) is 0 Å². The van der Waals surface area contributed by atoms with Crippen molar-refractivity contribution in [2.75, 3.05) is 18.5 Å². The van der Waals surface area contributed by atoms with Crippen LogP contribution >= 0.6 is 0 Å².